The maximum absolute atomic E-state index is 12.6. The average molecular weight is 536 g/mol. The fourth-order valence-corrected chi connectivity index (χ4v) is 3.70. The van der Waals surface area contributed by atoms with Gasteiger partial charge in [0.2, 0.25) is 0 Å². The molecule has 0 saturated heterocycles. The molecule has 0 amide bonds. The summed E-state index contributed by atoms with van der Waals surface area (Å²) in [6.45, 7) is 0. The lowest BCUT2D eigenvalue weighted by molar-refractivity contribution is -0.219. The Hall–Kier alpha value is -3.13. The third-order valence-electron chi connectivity index (χ3n) is 4.06. The van der Waals surface area contributed by atoms with E-state index >= 15 is 0 Å². The molecule has 0 atom stereocenters. The minimum absolute atomic E-state index is 0.0643. The molecule has 3 aromatic rings. The number of carbonyl (C=O) groups excluding carboxylic acids is 1. The molecule has 1 heterocycles. The Labute approximate surface area is 201 Å². The van der Waals surface area contributed by atoms with E-state index < -0.39 is 27.1 Å². The third kappa shape index (κ3) is 6.26. The van der Waals surface area contributed by atoms with Crippen molar-refractivity contribution in [3.05, 3.63) is 64.9 Å². The number of hydroxylamine groups is 1. The van der Waals surface area contributed by atoms with Gasteiger partial charge in [-0.3, -0.25) is 0 Å². The zero-order chi connectivity index (χ0) is 25.1. The van der Waals surface area contributed by atoms with Gasteiger partial charge in [0.15, 0.2) is 0 Å². The molecule has 3 rings (SSSR count). The first-order valence-corrected chi connectivity index (χ1v) is 11.2. The van der Waals surface area contributed by atoms with Crippen molar-refractivity contribution in [2.75, 3.05) is 17.7 Å². The van der Waals surface area contributed by atoms with Gasteiger partial charge in [-0.25, -0.2) is 23.2 Å². The Morgan fingerprint density at radius 1 is 1.00 bits per heavy atom. The molecule has 0 radical (unpaired) electrons. The summed E-state index contributed by atoms with van der Waals surface area (Å²) < 4.78 is 62.1. The van der Waals surface area contributed by atoms with E-state index in [2.05, 4.69) is 25.4 Å². The average Bonchev–Trinajstić information content (AvgIpc) is 2.76. The van der Waals surface area contributed by atoms with Crippen molar-refractivity contribution in [3.8, 4) is 0 Å². The second-order valence-corrected chi connectivity index (χ2v) is 9.26. The summed E-state index contributed by atoms with van der Waals surface area (Å²) in [4.78, 5) is 22.5. The minimum Gasteiger partial charge on any atom is -0.345 e. The van der Waals surface area contributed by atoms with Crippen LogP contribution in [0.25, 0.3) is 0 Å². The standard InChI is InChI=1S/C19H14Cl2F3N5O4S/c1-29(33-18(30)19(22,23)24)34(31,32)13-6-7-14(21)15(8-13)28-17-9-16(25-10-26-17)27-12-4-2-11(20)3-5-12/h2-10H,1H3,(H2,25,26,27,28). The number of anilines is 4. The van der Waals surface area contributed by atoms with Crippen LogP contribution in [-0.2, 0) is 19.7 Å². The van der Waals surface area contributed by atoms with E-state index in [-0.39, 0.29) is 21.0 Å². The van der Waals surface area contributed by atoms with Gasteiger partial charge in [-0.15, -0.1) is 0 Å². The minimum atomic E-state index is -5.37. The van der Waals surface area contributed by atoms with E-state index in [9.17, 15) is 26.4 Å². The van der Waals surface area contributed by atoms with Crippen LogP contribution in [0.1, 0.15) is 0 Å². The Morgan fingerprint density at radius 2 is 1.62 bits per heavy atom. The summed E-state index contributed by atoms with van der Waals surface area (Å²) in [5, 5.41) is 6.47. The highest BCUT2D eigenvalue weighted by Gasteiger charge is 2.43. The summed E-state index contributed by atoms with van der Waals surface area (Å²) >= 11 is 12.0. The van der Waals surface area contributed by atoms with E-state index in [1.165, 1.54) is 18.5 Å². The topological polar surface area (TPSA) is 114 Å². The number of benzene rings is 2. The number of aromatic nitrogens is 2. The number of hydrogen-bond acceptors (Lipinski definition) is 8. The summed E-state index contributed by atoms with van der Waals surface area (Å²) in [7, 11) is -3.99. The van der Waals surface area contributed by atoms with Crippen LogP contribution in [0.5, 0.6) is 0 Å². The number of halogens is 5. The maximum Gasteiger partial charge on any atom is 0.492 e. The van der Waals surface area contributed by atoms with Crippen molar-refractivity contribution in [2.24, 2.45) is 0 Å². The van der Waals surface area contributed by atoms with E-state index in [0.29, 0.717) is 23.6 Å². The molecule has 15 heteroatoms. The number of alkyl halides is 3. The molecule has 0 aliphatic carbocycles. The van der Waals surface area contributed by atoms with Crippen molar-refractivity contribution in [1.29, 1.82) is 0 Å². The van der Waals surface area contributed by atoms with Crippen LogP contribution in [0.15, 0.2) is 59.8 Å². The predicted octanol–water partition coefficient (Wildman–Crippen LogP) is 4.91. The third-order valence-corrected chi connectivity index (χ3v) is 6.25. The highest BCUT2D eigenvalue weighted by Crippen LogP contribution is 2.30. The predicted molar refractivity (Wildman–Crippen MR) is 119 cm³/mol. The van der Waals surface area contributed by atoms with Gasteiger partial charge < -0.3 is 15.5 Å². The first kappa shape index (κ1) is 25.5. The normalized spacial score (nSPS) is 11.9. The number of nitrogens with one attached hydrogen (secondary N) is 2. The Bertz CT molecular complexity index is 1310. The summed E-state index contributed by atoms with van der Waals surface area (Å²) in [6.07, 6.45) is -4.14. The second-order valence-electron chi connectivity index (χ2n) is 6.48. The van der Waals surface area contributed by atoms with Gasteiger partial charge in [0.05, 0.1) is 15.6 Å². The quantitative estimate of drug-likeness (QED) is 0.410. The van der Waals surface area contributed by atoms with Crippen LogP contribution in [0.4, 0.5) is 36.2 Å². The molecule has 0 unspecified atom stereocenters. The van der Waals surface area contributed by atoms with Gasteiger partial charge >= 0.3 is 12.1 Å². The zero-order valence-electron chi connectivity index (χ0n) is 17.0. The summed E-state index contributed by atoms with van der Waals surface area (Å²) in [5.74, 6) is -2.08. The van der Waals surface area contributed by atoms with Crippen molar-refractivity contribution < 1.29 is 31.2 Å². The Morgan fingerprint density at radius 3 is 2.24 bits per heavy atom. The van der Waals surface area contributed by atoms with Crippen molar-refractivity contribution >= 4 is 62.2 Å². The van der Waals surface area contributed by atoms with Crippen molar-refractivity contribution in [3.63, 3.8) is 0 Å². The number of nitrogens with zero attached hydrogens (tertiary/aromatic N) is 3. The highest BCUT2D eigenvalue weighted by molar-refractivity contribution is 7.89. The van der Waals surface area contributed by atoms with Gasteiger partial charge in [0.25, 0.3) is 10.0 Å². The summed E-state index contributed by atoms with van der Waals surface area (Å²) in [5.41, 5.74) is 0.756. The van der Waals surface area contributed by atoms with Crippen LogP contribution < -0.4 is 10.6 Å². The van der Waals surface area contributed by atoms with Gasteiger partial charge in [-0.05, 0) is 46.9 Å². The van der Waals surface area contributed by atoms with Crippen LogP contribution in [0.3, 0.4) is 0 Å². The van der Waals surface area contributed by atoms with Crippen LogP contribution >= 0.6 is 23.2 Å². The van der Waals surface area contributed by atoms with Gasteiger partial charge in [0, 0.05) is 23.8 Å². The molecule has 9 nitrogen and oxygen atoms in total. The SMILES string of the molecule is CN(OC(=O)C(F)(F)F)S(=O)(=O)c1ccc(Cl)c(Nc2cc(Nc3ccc(Cl)cc3)ncn2)c1. The molecule has 0 bridgehead atoms. The molecule has 2 N–H and O–H groups in total. The fourth-order valence-electron chi connectivity index (χ4n) is 2.44. The number of carbonyl (C=O) groups is 1. The lowest BCUT2D eigenvalue weighted by Gasteiger charge is -2.18. The first-order valence-electron chi connectivity index (χ1n) is 9.05. The zero-order valence-corrected chi connectivity index (χ0v) is 19.3. The van der Waals surface area contributed by atoms with E-state index in [4.69, 9.17) is 23.2 Å². The lowest BCUT2D eigenvalue weighted by Crippen LogP contribution is -2.36. The van der Waals surface area contributed by atoms with E-state index in [1.807, 2.05) is 0 Å². The monoisotopic (exact) mass is 535 g/mol. The van der Waals surface area contributed by atoms with Crippen molar-refractivity contribution in [2.45, 2.75) is 11.1 Å². The van der Waals surface area contributed by atoms with Crippen molar-refractivity contribution in [1.82, 2.24) is 14.4 Å². The molecule has 0 aliphatic rings. The molecule has 2 aromatic carbocycles. The number of hydrogen-bond donors (Lipinski definition) is 2. The fraction of sp³-hybridized carbons (Fsp3) is 0.105. The molecule has 34 heavy (non-hydrogen) atoms. The van der Waals surface area contributed by atoms with E-state index in [0.717, 1.165) is 12.1 Å². The molecular formula is C19H14Cl2F3N5O4S. The smallest absolute Gasteiger partial charge is 0.345 e. The second kappa shape index (κ2) is 10.0. The largest absolute Gasteiger partial charge is 0.492 e. The number of sulfonamides is 1. The van der Waals surface area contributed by atoms with Crippen LogP contribution in [0, 0.1) is 0 Å². The highest BCUT2D eigenvalue weighted by atomic mass is 35.5. The van der Waals surface area contributed by atoms with Crippen LogP contribution in [-0.4, -0.2) is 42.0 Å². The summed E-state index contributed by atoms with van der Waals surface area (Å²) in [6, 6.07) is 11.6. The van der Waals surface area contributed by atoms with E-state index in [1.54, 1.807) is 24.3 Å². The lowest BCUT2D eigenvalue weighted by atomic mass is 10.3. The van der Waals surface area contributed by atoms with Gasteiger partial charge in [0.1, 0.15) is 18.0 Å². The molecular weight excluding hydrogens is 522 g/mol. The van der Waals surface area contributed by atoms with Gasteiger partial charge in [-0.2, -0.15) is 13.2 Å². The molecule has 1 aromatic heterocycles. The maximum atomic E-state index is 12.6. The molecule has 0 spiro atoms. The number of rotatable bonds is 7. The van der Waals surface area contributed by atoms with Gasteiger partial charge in [-0.1, -0.05) is 23.2 Å². The Balaban J connectivity index is 1.81. The molecule has 180 valence electrons. The first-order chi connectivity index (χ1) is 15.9. The Kier molecular flexibility index (Phi) is 7.51. The van der Waals surface area contributed by atoms with Crippen LogP contribution in [0.2, 0.25) is 10.0 Å². The molecule has 0 saturated carbocycles. The molecule has 0 fully saturated rings. The molecule has 0 aliphatic heterocycles.